The van der Waals surface area contributed by atoms with Crippen molar-refractivity contribution in [2.75, 3.05) is 19.5 Å². The summed E-state index contributed by atoms with van der Waals surface area (Å²) in [6, 6.07) is 10.7. The summed E-state index contributed by atoms with van der Waals surface area (Å²) in [5.74, 6) is 1.16. The Kier molecular flexibility index (Phi) is 4.45. The zero-order chi connectivity index (χ0) is 14.5. The molecule has 1 N–H and O–H groups in total. The summed E-state index contributed by atoms with van der Waals surface area (Å²) < 4.78 is 24.1. The van der Waals surface area contributed by atoms with Crippen molar-refractivity contribution in [3.63, 3.8) is 0 Å². The first-order valence-electron chi connectivity index (χ1n) is 6.36. The van der Waals surface area contributed by atoms with Gasteiger partial charge in [-0.3, -0.25) is 0 Å². The number of benzene rings is 2. The third-order valence-corrected chi connectivity index (χ3v) is 3.22. The second kappa shape index (κ2) is 6.28. The molecule has 2 rings (SSSR count). The number of nitrogens with one attached hydrogen (secondary N) is 1. The van der Waals surface area contributed by atoms with Crippen LogP contribution >= 0.6 is 0 Å². The maximum atomic E-state index is 13.5. The van der Waals surface area contributed by atoms with E-state index >= 15 is 0 Å². The number of hydrogen-bond donors (Lipinski definition) is 1. The van der Waals surface area contributed by atoms with Crippen LogP contribution in [0, 0.1) is 12.7 Å². The summed E-state index contributed by atoms with van der Waals surface area (Å²) in [5, 5.41) is 3.22. The molecule has 0 fully saturated rings. The fourth-order valence-electron chi connectivity index (χ4n) is 2.08. The third kappa shape index (κ3) is 2.85. The average molecular weight is 275 g/mol. The maximum Gasteiger partial charge on any atom is 0.165 e. The molecule has 2 aromatic rings. The first-order valence-corrected chi connectivity index (χ1v) is 6.36. The molecule has 0 unspecified atom stereocenters. The minimum Gasteiger partial charge on any atom is -0.493 e. The molecular weight excluding hydrogens is 257 g/mol. The second-order valence-electron chi connectivity index (χ2n) is 4.42. The van der Waals surface area contributed by atoms with E-state index in [-0.39, 0.29) is 5.82 Å². The minimum absolute atomic E-state index is 0.215. The molecule has 0 atom stereocenters. The van der Waals surface area contributed by atoms with Crippen molar-refractivity contribution in [2.24, 2.45) is 0 Å². The van der Waals surface area contributed by atoms with Gasteiger partial charge in [-0.2, -0.15) is 0 Å². The van der Waals surface area contributed by atoms with Crippen LogP contribution in [0.15, 0.2) is 36.4 Å². The van der Waals surface area contributed by atoms with E-state index in [1.54, 1.807) is 27.2 Å². The van der Waals surface area contributed by atoms with Crippen LogP contribution in [0.1, 0.15) is 11.1 Å². The van der Waals surface area contributed by atoms with Crippen LogP contribution in [0.25, 0.3) is 0 Å². The topological polar surface area (TPSA) is 30.5 Å². The molecule has 0 saturated heterocycles. The summed E-state index contributed by atoms with van der Waals surface area (Å²) in [5.41, 5.74) is 2.33. The standard InChI is InChI=1S/C16H18FNO2/c1-11-13(17)7-5-8-14(11)18-10-12-6-4-9-15(19-2)16(12)20-3/h4-9,18H,10H2,1-3H3. The summed E-state index contributed by atoms with van der Waals surface area (Å²) in [4.78, 5) is 0. The van der Waals surface area contributed by atoms with Crippen LogP contribution in [-0.4, -0.2) is 14.2 Å². The van der Waals surface area contributed by atoms with Gasteiger partial charge in [-0.15, -0.1) is 0 Å². The van der Waals surface area contributed by atoms with Gasteiger partial charge >= 0.3 is 0 Å². The molecule has 0 aliphatic heterocycles. The summed E-state index contributed by atoms with van der Waals surface area (Å²) in [6.45, 7) is 2.28. The highest BCUT2D eigenvalue weighted by atomic mass is 19.1. The fraction of sp³-hybridized carbons (Fsp3) is 0.250. The van der Waals surface area contributed by atoms with Gasteiger partial charge in [0.05, 0.1) is 14.2 Å². The molecule has 0 spiro atoms. The number of ether oxygens (including phenoxy) is 2. The van der Waals surface area contributed by atoms with E-state index in [4.69, 9.17) is 9.47 Å². The normalized spacial score (nSPS) is 10.2. The number of anilines is 1. The Morgan fingerprint density at radius 3 is 2.50 bits per heavy atom. The van der Waals surface area contributed by atoms with Gasteiger partial charge < -0.3 is 14.8 Å². The van der Waals surface area contributed by atoms with Crippen LogP contribution in [0.5, 0.6) is 11.5 Å². The van der Waals surface area contributed by atoms with Crippen molar-refractivity contribution >= 4 is 5.69 Å². The van der Waals surface area contributed by atoms with Crippen LogP contribution in [0.2, 0.25) is 0 Å². The molecule has 3 nitrogen and oxygen atoms in total. The lowest BCUT2D eigenvalue weighted by Crippen LogP contribution is -2.04. The Morgan fingerprint density at radius 1 is 1.05 bits per heavy atom. The molecule has 0 saturated carbocycles. The molecule has 4 heteroatoms. The summed E-state index contributed by atoms with van der Waals surface area (Å²) in [7, 11) is 3.21. The monoisotopic (exact) mass is 275 g/mol. The second-order valence-corrected chi connectivity index (χ2v) is 4.42. The highest BCUT2D eigenvalue weighted by molar-refractivity contribution is 5.53. The van der Waals surface area contributed by atoms with E-state index < -0.39 is 0 Å². The lowest BCUT2D eigenvalue weighted by Gasteiger charge is -2.14. The van der Waals surface area contributed by atoms with Gasteiger partial charge in [0, 0.05) is 23.4 Å². The highest BCUT2D eigenvalue weighted by Crippen LogP contribution is 2.31. The Bertz CT molecular complexity index is 599. The van der Waals surface area contributed by atoms with Gasteiger partial charge in [0.25, 0.3) is 0 Å². The van der Waals surface area contributed by atoms with E-state index in [0.29, 0.717) is 23.6 Å². The van der Waals surface area contributed by atoms with Crippen molar-refractivity contribution < 1.29 is 13.9 Å². The van der Waals surface area contributed by atoms with Crippen molar-refractivity contribution in [1.29, 1.82) is 0 Å². The lowest BCUT2D eigenvalue weighted by molar-refractivity contribution is 0.352. The molecule has 20 heavy (non-hydrogen) atoms. The van der Waals surface area contributed by atoms with Crippen LogP contribution in [0.3, 0.4) is 0 Å². The molecule has 0 aliphatic rings. The number of hydrogen-bond acceptors (Lipinski definition) is 3. The van der Waals surface area contributed by atoms with Crippen LogP contribution in [-0.2, 0) is 6.54 Å². The van der Waals surface area contributed by atoms with E-state index in [9.17, 15) is 4.39 Å². The Morgan fingerprint density at radius 2 is 1.80 bits per heavy atom. The van der Waals surface area contributed by atoms with E-state index in [0.717, 1.165) is 11.3 Å². The van der Waals surface area contributed by atoms with E-state index in [2.05, 4.69) is 5.32 Å². The Balaban J connectivity index is 2.21. The molecule has 106 valence electrons. The quantitative estimate of drug-likeness (QED) is 0.901. The van der Waals surface area contributed by atoms with Gasteiger partial charge in [0.2, 0.25) is 0 Å². The number of halogens is 1. The number of methoxy groups -OCH3 is 2. The van der Waals surface area contributed by atoms with Gasteiger partial charge in [-0.05, 0) is 25.1 Å². The van der Waals surface area contributed by atoms with Crippen molar-refractivity contribution in [3.8, 4) is 11.5 Å². The van der Waals surface area contributed by atoms with Gasteiger partial charge in [-0.1, -0.05) is 18.2 Å². The summed E-state index contributed by atoms with van der Waals surface area (Å²) in [6.07, 6.45) is 0. The number of para-hydroxylation sites is 1. The predicted molar refractivity (Wildman–Crippen MR) is 78.0 cm³/mol. The lowest BCUT2D eigenvalue weighted by atomic mass is 10.1. The SMILES string of the molecule is COc1cccc(CNc2cccc(F)c2C)c1OC. The highest BCUT2D eigenvalue weighted by Gasteiger charge is 2.10. The zero-order valence-corrected chi connectivity index (χ0v) is 11.9. The molecule has 2 aromatic carbocycles. The van der Waals surface area contributed by atoms with Crippen molar-refractivity contribution in [3.05, 3.63) is 53.3 Å². The molecule has 0 amide bonds. The van der Waals surface area contributed by atoms with Crippen molar-refractivity contribution in [1.82, 2.24) is 0 Å². The smallest absolute Gasteiger partial charge is 0.165 e. The van der Waals surface area contributed by atoms with Crippen molar-refractivity contribution in [2.45, 2.75) is 13.5 Å². The Hall–Kier alpha value is -2.23. The molecule has 0 radical (unpaired) electrons. The first kappa shape index (κ1) is 14.2. The largest absolute Gasteiger partial charge is 0.493 e. The molecule has 0 aliphatic carbocycles. The van der Waals surface area contributed by atoms with Gasteiger partial charge in [-0.25, -0.2) is 4.39 Å². The molecular formula is C16H18FNO2. The van der Waals surface area contributed by atoms with Crippen LogP contribution in [0.4, 0.5) is 10.1 Å². The van der Waals surface area contributed by atoms with E-state index in [1.807, 2.05) is 24.3 Å². The zero-order valence-electron chi connectivity index (χ0n) is 11.9. The molecule has 0 bridgehead atoms. The molecule has 0 aromatic heterocycles. The van der Waals surface area contributed by atoms with Gasteiger partial charge in [0.1, 0.15) is 5.82 Å². The fourth-order valence-corrected chi connectivity index (χ4v) is 2.08. The number of rotatable bonds is 5. The first-order chi connectivity index (χ1) is 9.67. The molecule has 0 heterocycles. The Labute approximate surface area is 118 Å². The minimum atomic E-state index is -0.215. The maximum absolute atomic E-state index is 13.5. The predicted octanol–water partition coefficient (Wildman–Crippen LogP) is 3.76. The van der Waals surface area contributed by atoms with Gasteiger partial charge in [0.15, 0.2) is 11.5 Å². The van der Waals surface area contributed by atoms with E-state index in [1.165, 1.54) is 6.07 Å². The van der Waals surface area contributed by atoms with Crippen LogP contribution < -0.4 is 14.8 Å². The average Bonchev–Trinajstić information content (AvgIpc) is 2.48. The third-order valence-electron chi connectivity index (χ3n) is 3.22. The summed E-state index contributed by atoms with van der Waals surface area (Å²) >= 11 is 0.